The van der Waals surface area contributed by atoms with E-state index in [2.05, 4.69) is 16.8 Å². The minimum Gasteiger partial charge on any atom is -0.343 e. The van der Waals surface area contributed by atoms with Gasteiger partial charge in [-0.2, -0.15) is 0 Å². The number of carbonyl (C=O) groups excluding carboxylic acids is 2. The molecule has 1 amide bonds. The van der Waals surface area contributed by atoms with Crippen molar-refractivity contribution in [3.05, 3.63) is 0 Å². The Balaban J connectivity index is 1.65. The average Bonchev–Trinajstić information content (AvgIpc) is 2.55. The van der Waals surface area contributed by atoms with Crippen molar-refractivity contribution < 1.29 is 9.59 Å². The van der Waals surface area contributed by atoms with E-state index in [1.165, 1.54) is 32.7 Å². The average molecular weight is 309 g/mol. The largest absolute Gasteiger partial charge is 0.343 e. The SMILES string of the molecule is CCC(=O)CCC(=O)N1CCC(CN2CCN(C)CC2)CC1. The van der Waals surface area contributed by atoms with Crippen LogP contribution in [-0.4, -0.2) is 79.3 Å². The van der Waals surface area contributed by atoms with Gasteiger partial charge in [0.2, 0.25) is 5.91 Å². The Kier molecular flexibility index (Phi) is 6.83. The van der Waals surface area contributed by atoms with Gasteiger partial charge in [0.25, 0.3) is 0 Å². The van der Waals surface area contributed by atoms with Gasteiger partial charge in [0.15, 0.2) is 0 Å². The molecule has 2 aliphatic heterocycles. The number of hydrogen-bond donors (Lipinski definition) is 0. The van der Waals surface area contributed by atoms with Crippen molar-refractivity contribution in [1.29, 1.82) is 0 Å². The van der Waals surface area contributed by atoms with Gasteiger partial charge in [0.1, 0.15) is 5.78 Å². The molecule has 2 rings (SSSR count). The highest BCUT2D eigenvalue weighted by molar-refractivity contribution is 5.84. The lowest BCUT2D eigenvalue weighted by Gasteiger charge is -2.38. The smallest absolute Gasteiger partial charge is 0.223 e. The van der Waals surface area contributed by atoms with Crippen molar-refractivity contribution >= 4 is 11.7 Å². The van der Waals surface area contributed by atoms with Crippen molar-refractivity contribution in [3.8, 4) is 0 Å². The molecule has 5 heteroatoms. The van der Waals surface area contributed by atoms with Crippen LogP contribution in [0.2, 0.25) is 0 Å². The second-order valence-corrected chi connectivity index (χ2v) is 6.82. The van der Waals surface area contributed by atoms with Gasteiger partial charge in [-0.25, -0.2) is 0 Å². The zero-order valence-electron chi connectivity index (χ0n) is 14.2. The minimum atomic E-state index is 0.167. The molecule has 0 aromatic heterocycles. The van der Waals surface area contributed by atoms with Crippen LogP contribution >= 0.6 is 0 Å². The van der Waals surface area contributed by atoms with E-state index in [-0.39, 0.29) is 11.7 Å². The molecule has 2 aliphatic rings. The molecule has 0 atom stereocenters. The number of likely N-dealkylation sites (N-methyl/N-ethyl adjacent to an activating group) is 1. The van der Waals surface area contributed by atoms with Crippen molar-refractivity contribution in [2.24, 2.45) is 5.92 Å². The Bertz CT molecular complexity index is 370. The Hall–Kier alpha value is -0.940. The molecular weight excluding hydrogens is 278 g/mol. The first-order valence-corrected chi connectivity index (χ1v) is 8.79. The van der Waals surface area contributed by atoms with Gasteiger partial charge in [-0.1, -0.05) is 6.92 Å². The molecule has 0 aliphatic carbocycles. The third-order valence-corrected chi connectivity index (χ3v) is 5.09. The van der Waals surface area contributed by atoms with E-state index in [0.717, 1.165) is 31.8 Å². The summed E-state index contributed by atoms with van der Waals surface area (Å²) in [7, 11) is 2.19. The third-order valence-electron chi connectivity index (χ3n) is 5.09. The highest BCUT2D eigenvalue weighted by Crippen LogP contribution is 2.20. The molecule has 0 unspecified atom stereocenters. The lowest BCUT2D eigenvalue weighted by Crippen LogP contribution is -2.48. The van der Waals surface area contributed by atoms with Crippen LogP contribution < -0.4 is 0 Å². The van der Waals surface area contributed by atoms with Gasteiger partial charge in [0, 0.05) is 65.1 Å². The first-order valence-electron chi connectivity index (χ1n) is 8.79. The fourth-order valence-electron chi connectivity index (χ4n) is 3.34. The number of amides is 1. The molecule has 0 aromatic rings. The van der Waals surface area contributed by atoms with Crippen molar-refractivity contribution in [1.82, 2.24) is 14.7 Å². The molecule has 22 heavy (non-hydrogen) atoms. The molecule has 2 saturated heterocycles. The van der Waals surface area contributed by atoms with Gasteiger partial charge >= 0.3 is 0 Å². The quantitative estimate of drug-likeness (QED) is 0.740. The minimum absolute atomic E-state index is 0.167. The van der Waals surface area contributed by atoms with Gasteiger partial charge in [-0.05, 0) is 25.8 Å². The summed E-state index contributed by atoms with van der Waals surface area (Å²) in [6, 6.07) is 0. The summed E-state index contributed by atoms with van der Waals surface area (Å²) in [5, 5.41) is 0. The number of piperidine rings is 1. The summed E-state index contributed by atoms with van der Waals surface area (Å²) in [4.78, 5) is 30.3. The predicted octanol–water partition coefficient (Wildman–Crippen LogP) is 1.23. The molecule has 0 saturated carbocycles. The van der Waals surface area contributed by atoms with Gasteiger partial charge in [0.05, 0.1) is 0 Å². The van der Waals surface area contributed by atoms with Crippen LogP contribution in [0.25, 0.3) is 0 Å². The van der Waals surface area contributed by atoms with Crippen molar-refractivity contribution in [2.45, 2.75) is 39.0 Å². The number of carbonyl (C=O) groups is 2. The molecule has 0 bridgehead atoms. The normalized spacial score (nSPS) is 22.0. The second kappa shape index (κ2) is 8.63. The molecular formula is C17H31N3O2. The zero-order valence-corrected chi connectivity index (χ0v) is 14.2. The van der Waals surface area contributed by atoms with E-state index in [1.54, 1.807) is 0 Å². The summed E-state index contributed by atoms with van der Waals surface area (Å²) in [5.74, 6) is 1.09. The van der Waals surface area contributed by atoms with Crippen LogP contribution in [0.3, 0.4) is 0 Å². The van der Waals surface area contributed by atoms with Gasteiger partial charge in [-0.15, -0.1) is 0 Å². The Morgan fingerprint density at radius 3 is 2.18 bits per heavy atom. The molecule has 0 N–H and O–H groups in total. The van der Waals surface area contributed by atoms with Gasteiger partial charge < -0.3 is 14.7 Å². The van der Waals surface area contributed by atoms with Gasteiger partial charge in [-0.3, -0.25) is 9.59 Å². The number of piperazine rings is 1. The first-order chi connectivity index (χ1) is 10.6. The second-order valence-electron chi connectivity index (χ2n) is 6.82. The van der Waals surface area contributed by atoms with Crippen LogP contribution in [0, 0.1) is 5.92 Å². The molecule has 0 radical (unpaired) electrons. The standard InChI is InChI=1S/C17H31N3O2/c1-3-16(21)4-5-17(22)20-8-6-15(7-9-20)14-19-12-10-18(2)11-13-19/h15H,3-14H2,1-2H3. The van der Waals surface area contributed by atoms with E-state index in [0.29, 0.717) is 19.3 Å². The van der Waals surface area contributed by atoms with E-state index < -0.39 is 0 Å². The molecule has 5 nitrogen and oxygen atoms in total. The maximum atomic E-state index is 12.1. The number of nitrogens with zero attached hydrogens (tertiary/aromatic N) is 3. The summed E-state index contributed by atoms with van der Waals surface area (Å²) < 4.78 is 0. The predicted molar refractivity (Wildman–Crippen MR) is 87.8 cm³/mol. The number of hydrogen-bond acceptors (Lipinski definition) is 4. The summed E-state index contributed by atoms with van der Waals surface area (Å²) in [6.45, 7) is 9.48. The zero-order chi connectivity index (χ0) is 15.9. The lowest BCUT2D eigenvalue weighted by atomic mass is 9.95. The highest BCUT2D eigenvalue weighted by Gasteiger charge is 2.25. The number of likely N-dealkylation sites (tertiary alicyclic amines) is 1. The molecule has 0 spiro atoms. The molecule has 2 fully saturated rings. The van der Waals surface area contributed by atoms with E-state index >= 15 is 0 Å². The number of Topliss-reactive ketones (excluding diaryl/α,β-unsaturated/α-hetero) is 1. The van der Waals surface area contributed by atoms with E-state index in [4.69, 9.17) is 0 Å². The van der Waals surface area contributed by atoms with Crippen LogP contribution in [0.5, 0.6) is 0 Å². The first kappa shape index (κ1) is 17.4. The lowest BCUT2D eigenvalue weighted by molar-refractivity contribution is -0.134. The number of rotatable bonds is 6. The Morgan fingerprint density at radius 2 is 1.59 bits per heavy atom. The monoisotopic (exact) mass is 309 g/mol. The summed E-state index contributed by atoms with van der Waals surface area (Å²) in [5.41, 5.74) is 0. The van der Waals surface area contributed by atoms with Crippen LogP contribution in [0.4, 0.5) is 0 Å². The number of ketones is 1. The maximum absolute atomic E-state index is 12.1. The van der Waals surface area contributed by atoms with Crippen molar-refractivity contribution in [3.63, 3.8) is 0 Å². The fourth-order valence-corrected chi connectivity index (χ4v) is 3.34. The fraction of sp³-hybridized carbons (Fsp3) is 0.882. The van der Waals surface area contributed by atoms with E-state index in [1.807, 2.05) is 11.8 Å². The third kappa shape index (κ3) is 5.36. The molecule has 2 heterocycles. The Labute approximate surface area is 134 Å². The highest BCUT2D eigenvalue weighted by atomic mass is 16.2. The Morgan fingerprint density at radius 1 is 0.955 bits per heavy atom. The van der Waals surface area contributed by atoms with Crippen LogP contribution in [-0.2, 0) is 9.59 Å². The van der Waals surface area contributed by atoms with Crippen LogP contribution in [0.1, 0.15) is 39.0 Å². The molecule has 126 valence electrons. The maximum Gasteiger partial charge on any atom is 0.223 e. The topological polar surface area (TPSA) is 43.9 Å². The van der Waals surface area contributed by atoms with E-state index in [9.17, 15) is 9.59 Å². The molecule has 0 aromatic carbocycles. The summed E-state index contributed by atoms with van der Waals surface area (Å²) in [6.07, 6.45) is 3.58. The summed E-state index contributed by atoms with van der Waals surface area (Å²) >= 11 is 0. The van der Waals surface area contributed by atoms with Crippen LogP contribution in [0.15, 0.2) is 0 Å². The van der Waals surface area contributed by atoms with Crippen molar-refractivity contribution in [2.75, 3.05) is 52.9 Å².